The van der Waals surface area contributed by atoms with Gasteiger partial charge in [-0.05, 0) is 50.9 Å². The Labute approximate surface area is 145 Å². The number of likely N-dealkylation sites (tertiary alicyclic amines) is 1. The number of benzene rings is 1. The molecular formula is C19H30N2O3. The Morgan fingerprint density at radius 3 is 2.54 bits per heavy atom. The van der Waals surface area contributed by atoms with Crippen LogP contribution in [0.3, 0.4) is 0 Å². The lowest BCUT2D eigenvalue weighted by atomic mass is 9.93. The van der Waals surface area contributed by atoms with Gasteiger partial charge >= 0.3 is 0 Å². The molecule has 5 nitrogen and oxygen atoms in total. The number of amides is 1. The van der Waals surface area contributed by atoms with Crippen molar-refractivity contribution in [3.05, 3.63) is 29.8 Å². The van der Waals surface area contributed by atoms with Crippen LogP contribution >= 0.6 is 0 Å². The van der Waals surface area contributed by atoms with Gasteiger partial charge in [0.15, 0.2) is 0 Å². The summed E-state index contributed by atoms with van der Waals surface area (Å²) in [7, 11) is 1.71. The van der Waals surface area contributed by atoms with Crippen molar-refractivity contribution in [2.45, 2.75) is 26.2 Å². The molecule has 2 rings (SSSR count). The maximum absolute atomic E-state index is 11.4. The van der Waals surface area contributed by atoms with E-state index < -0.39 is 0 Å². The van der Waals surface area contributed by atoms with Crippen molar-refractivity contribution in [2.24, 2.45) is 5.92 Å². The Balaban J connectivity index is 1.48. The number of hydrogen-bond acceptors (Lipinski definition) is 4. The summed E-state index contributed by atoms with van der Waals surface area (Å²) in [5, 5.41) is 2.71. The second kappa shape index (κ2) is 10.3. The number of ether oxygens (including phenoxy) is 2. The third-order valence-corrected chi connectivity index (χ3v) is 4.53. The van der Waals surface area contributed by atoms with Gasteiger partial charge in [0.2, 0.25) is 5.91 Å². The molecule has 1 aromatic rings. The Morgan fingerprint density at radius 2 is 1.88 bits per heavy atom. The standard InChI is InChI=1S/C19H30N2O3/c1-16-3-5-18(6-4-16)24-14-13-23-12-11-21-9-7-17(8-10-21)15-19(22)20-2/h3-6,17H,7-15H2,1-2H3,(H,20,22). The summed E-state index contributed by atoms with van der Waals surface area (Å²) in [5.74, 6) is 1.58. The van der Waals surface area contributed by atoms with E-state index in [1.54, 1.807) is 7.05 Å². The van der Waals surface area contributed by atoms with Gasteiger partial charge in [0, 0.05) is 20.0 Å². The second-order valence-corrected chi connectivity index (χ2v) is 6.44. The first-order valence-corrected chi connectivity index (χ1v) is 8.87. The van der Waals surface area contributed by atoms with Crippen LogP contribution < -0.4 is 10.1 Å². The third kappa shape index (κ3) is 6.89. The molecule has 1 saturated heterocycles. The van der Waals surface area contributed by atoms with E-state index in [1.807, 2.05) is 24.3 Å². The lowest BCUT2D eigenvalue weighted by Gasteiger charge is -2.31. The van der Waals surface area contributed by atoms with Crippen molar-refractivity contribution in [1.29, 1.82) is 0 Å². The fraction of sp³-hybridized carbons (Fsp3) is 0.632. The normalized spacial score (nSPS) is 16.1. The number of nitrogens with zero attached hydrogens (tertiary/aromatic N) is 1. The van der Waals surface area contributed by atoms with Crippen LogP contribution in [0.25, 0.3) is 0 Å². The molecule has 0 radical (unpaired) electrons. The van der Waals surface area contributed by atoms with Gasteiger partial charge in [0.25, 0.3) is 0 Å². The monoisotopic (exact) mass is 334 g/mol. The molecule has 134 valence electrons. The molecule has 1 aliphatic heterocycles. The van der Waals surface area contributed by atoms with E-state index in [0.29, 0.717) is 25.6 Å². The maximum Gasteiger partial charge on any atom is 0.220 e. The van der Waals surface area contributed by atoms with Gasteiger partial charge in [-0.1, -0.05) is 17.7 Å². The second-order valence-electron chi connectivity index (χ2n) is 6.44. The quantitative estimate of drug-likeness (QED) is 0.704. The summed E-state index contributed by atoms with van der Waals surface area (Å²) in [5.41, 5.74) is 1.23. The highest BCUT2D eigenvalue weighted by atomic mass is 16.5. The number of nitrogens with one attached hydrogen (secondary N) is 1. The van der Waals surface area contributed by atoms with Crippen LogP contribution in [-0.4, -0.2) is 57.3 Å². The first-order chi connectivity index (χ1) is 11.7. The fourth-order valence-corrected chi connectivity index (χ4v) is 2.93. The Morgan fingerprint density at radius 1 is 1.17 bits per heavy atom. The fourth-order valence-electron chi connectivity index (χ4n) is 2.93. The largest absolute Gasteiger partial charge is 0.491 e. The Hall–Kier alpha value is -1.59. The van der Waals surface area contributed by atoms with E-state index in [1.165, 1.54) is 5.56 Å². The molecule has 5 heteroatoms. The molecule has 24 heavy (non-hydrogen) atoms. The third-order valence-electron chi connectivity index (χ3n) is 4.53. The Bertz CT molecular complexity index is 482. The van der Waals surface area contributed by atoms with E-state index in [4.69, 9.17) is 9.47 Å². The predicted molar refractivity (Wildman–Crippen MR) is 95.3 cm³/mol. The molecule has 1 aromatic carbocycles. The zero-order valence-corrected chi connectivity index (χ0v) is 14.9. The summed E-state index contributed by atoms with van der Waals surface area (Å²) >= 11 is 0. The number of hydrogen-bond donors (Lipinski definition) is 1. The highest BCUT2D eigenvalue weighted by Crippen LogP contribution is 2.20. The average molecular weight is 334 g/mol. The highest BCUT2D eigenvalue weighted by Gasteiger charge is 2.20. The van der Waals surface area contributed by atoms with Crippen molar-refractivity contribution in [2.75, 3.05) is 46.5 Å². The minimum atomic E-state index is 0.158. The summed E-state index contributed by atoms with van der Waals surface area (Å²) in [6.45, 7) is 7.07. The summed E-state index contributed by atoms with van der Waals surface area (Å²) in [6.07, 6.45) is 2.87. The van der Waals surface area contributed by atoms with Crippen molar-refractivity contribution in [3.8, 4) is 5.75 Å². The van der Waals surface area contributed by atoms with E-state index >= 15 is 0 Å². The smallest absolute Gasteiger partial charge is 0.220 e. The minimum absolute atomic E-state index is 0.158. The predicted octanol–water partition coefficient (Wildman–Crippen LogP) is 2.24. The highest BCUT2D eigenvalue weighted by molar-refractivity contribution is 5.75. The first-order valence-electron chi connectivity index (χ1n) is 8.87. The number of aryl methyl sites for hydroxylation is 1. The van der Waals surface area contributed by atoms with E-state index in [2.05, 4.69) is 17.1 Å². The van der Waals surface area contributed by atoms with Crippen molar-refractivity contribution in [3.63, 3.8) is 0 Å². The maximum atomic E-state index is 11.4. The van der Waals surface area contributed by atoms with Crippen molar-refractivity contribution >= 4 is 5.91 Å². The van der Waals surface area contributed by atoms with Crippen LogP contribution in [0.4, 0.5) is 0 Å². The van der Waals surface area contributed by atoms with Crippen LogP contribution in [0, 0.1) is 12.8 Å². The molecular weight excluding hydrogens is 304 g/mol. The number of rotatable bonds is 9. The van der Waals surface area contributed by atoms with Crippen LogP contribution in [0.2, 0.25) is 0 Å². The molecule has 0 spiro atoms. The molecule has 0 aromatic heterocycles. The van der Waals surface area contributed by atoms with Gasteiger partial charge in [-0.15, -0.1) is 0 Å². The van der Waals surface area contributed by atoms with E-state index in [9.17, 15) is 4.79 Å². The molecule has 0 saturated carbocycles. The zero-order valence-electron chi connectivity index (χ0n) is 14.9. The van der Waals surface area contributed by atoms with Crippen LogP contribution in [0.15, 0.2) is 24.3 Å². The van der Waals surface area contributed by atoms with Gasteiger partial charge in [-0.2, -0.15) is 0 Å². The molecule has 0 aliphatic carbocycles. The van der Waals surface area contributed by atoms with Gasteiger partial charge in [0.1, 0.15) is 12.4 Å². The zero-order chi connectivity index (χ0) is 17.2. The molecule has 1 heterocycles. The molecule has 1 aliphatic rings. The molecule has 1 N–H and O–H groups in total. The lowest BCUT2D eigenvalue weighted by Crippen LogP contribution is -2.37. The van der Waals surface area contributed by atoms with Gasteiger partial charge < -0.3 is 19.7 Å². The average Bonchev–Trinajstić information content (AvgIpc) is 2.61. The van der Waals surface area contributed by atoms with Crippen molar-refractivity contribution in [1.82, 2.24) is 10.2 Å². The van der Waals surface area contributed by atoms with Gasteiger partial charge in [-0.3, -0.25) is 4.79 Å². The summed E-state index contributed by atoms with van der Waals surface area (Å²) < 4.78 is 11.3. The topological polar surface area (TPSA) is 50.8 Å². The van der Waals surface area contributed by atoms with Gasteiger partial charge in [0.05, 0.1) is 13.2 Å². The van der Waals surface area contributed by atoms with Crippen LogP contribution in [-0.2, 0) is 9.53 Å². The SMILES string of the molecule is CNC(=O)CC1CCN(CCOCCOc2ccc(C)cc2)CC1. The van der Waals surface area contributed by atoms with E-state index in [-0.39, 0.29) is 5.91 Å². The number of piperidine rings is 1. The lowest BCUT2D eigenvalue weighted by molar-refractivity contribution is -0.121. The summed E-state index contributed by atoms with van der Waals surface area (Å²) in [6, 6.07) is 8.06. The van der Waals surface area contributed by atoms with E-state index in [0.717, 1.165) is 44.8 Å². The summed E-state index contributed by atoms with van der Waals surface area (Å²) in [4.78, 5) is 13.8. The van der Waals surface area contributed by atoms with Crippen molar-refractivity contribution < 1.29 is 14.3 Å². The van der Waals surface area contributed by atoms with Gasteiger partial charge in [-0.25, -0.2) is 0 Å². The Kier molecular flexibility index (Phi) is 8.05. The molecule has 0 unspecified atom stereocenters. The van der Waals surface area contributed by atoms with Crippen LogP contribution in [0.1, 0.15) is 24.8 Å². The molecule has 0 atom stereocenters. The number of carbonyl (C=O) groups excluding carboxylic acids is 1. The molecule has 1 amide bonds. The van der Waals surface area contributed by atoms with Crippen LogP contribution in [0.5, 0.6) is 5.75 Å². The number of carbonyl (C=O) groups is 1. The molecule has 1 fully saturated rings. The first kappa shape index (κ1) is 18.7. The molecule has 0 bridgehead atoms. The minimum Gasteiger partial charge on any atom is -0.491 e.